The minimum absolute atomic E-state index is 0.362. The van der Waals surface area contributed by atoms with Gasteiger partial charge in [0.05, 0.1) is 27.5 Å². The number of methoxy groups -OCH3 is 3. The molecule has 2 rings (SSSR count). The Bertz CT molecular complexity index is 740. The van der Waals surface area contributed by atoms with E-state index in [4.69, 9.17) is 25.8 Å². The molecule has 2 aromatic rings. The molecule has 0 fully saturated rings. The van der Waals surface area contributed by atoms with E-state index in [1.807, 2.05) is 0 Å². The first-order valence-corrected chi connectivity index (χ1v) is 7.35. The van der Waals surface area contributed by atoms with Gasteiger partial charge in [-0.2, -0.15) is 5.10 Å². The van der Waals surface area contributed by atoms with Crippen LogP contribution in [0, 0.1) is 0 Å². The van der Waals surface area contributed by atoms with E-state index in [-0.39, 0.29) is 0 Å². The lowest BCUT2D eigenvalue weighted by Gasteiger charge is -2.07. The summed E-state index contributed by atoms with van der Waals surface area (Å²) in [6.07, 6.45) is 1.46. The van der Waals surface area contributed by atoms with Crippen LogP contribution in [0.15, 0.2) is 41.5 Å². The highest BCUT2D eigenvalue weighted by atomic mass is 35.5. The number of nitrogens with one attached hydrogen (secondary N) is 1. The summed E-state index contributed by atoms with van der Waals surface area (Å²) in [5, 5.41) is 4.48. The molecule has 0 aromatic heterocycles. The van der Waals surface area contributed by atoms with Crippen molar-refractivity contribution in [1.82, 2.24) is 5.43 Å². The van der Waals surface area contributed by atoms with Gasteiger partial charge >= 0.3 is 0 Å². The number of carbonyl (C=O) groups is 1. The van der Waals surface area contributed by atoms with E-state index in [0.29, 0.717) is 33.4 Å². The number of nitrogens with zero attached hydrogens (tertiary/aromatic N) is 1. The van der Waals surface area contributed by atoms with Crippen LogP contribution in [-0.4, -0.2) is 33.5 Å². The molecule has 126 valence electrons. The van der Waals surface area contributed by atoms with Crippen molar-refractivity contribution in [2.45, 2.75) is 0 Å². The standard InChI is InChI=1S/C17H17ClN2O4/c1-22-14-7-11(8-15(9-14)23-2)17(21)20-19-10-12-6-13(18)4-5-16(12)24-3/h4-10H,1-3H3,(H,20,21). The number of benzene rings is 2. The molecule has 0 heterocycles. The van der Waals surface area contributed by atoms with Gasteiger partial charge in [-0.1, -0.05) is 11.6 Å². The first kappa shape index (κ1) is 17.6. The van der Waals surface area contributed by atoms with Crippen molar-refractivity contribution < 1.29 is 19.0 Å². The van der Waals surface area contributed by atoms with Crippen molar-refractivity contribution in [3.63, 3.8) is 0 Å². The van der Waals surface area contributed by atoms with Crippen LogP contribution in [0.4, 0.5) is 0 Å². The van der Waals surface area contributed by atoms with Gasteiger partial charge in [0.25, 0.3) is 5.91 Å². The number of rotatable bonds is 6. The molecule has 0 aliphatic carbocycles. The lowest BCUT2D eigenvalue weighted by atomic mass is 10.2. The van der Waals surface area contributed by atoms with Crippen LogP contribution in [0.25, 0.3) is 0 Å². The highest BCUT2D eigenvalue weighted by Gasteiger charge is 2.09. The van der Waals surface area contributed by atoms with E-state index in [9.17, 15) is 4.79 Å². The van der Waals surface area contributed by atoms with Crippen LogP contribution in [0.3, 0.4) is 0 Å². The number of hydrazone groups is 1. The van der Waals surface area contributed by atoms with Crippen LogP contribution in [0.2, 0.25) is 5.02 Å². The summed E-state index contributed by atoms with van der Waals surface area (Å²) >= 11 is 5.95. The number of hydrogen-bond acceptors (Lipinski definition) is 5. The fourth-order valence-electron chi connectivity index (χ4n) is 1.97. The zero-order valence-corrected chi connectivity index (χ0v) is 14.3. The van der Waals surface area contributed by atoms with Crippen LogP contribution in [0.5, 0.6) is 17.2 Å². The fraction of sp³-hybridized carbons (Fsp3) is 0.176. The molecule has 0 unspecified atom stereocenters. The molecule has 6 nitrogen and oxygen atoms in total. The van der Waals surface area contributed by atoms with Gasteiger partial charge in [0.1, 0.15) is 17.2 Å². The Morgan fingerprint density at radius 3 is 2.29 bits per heavy atom. The van der Waals surface area contributed by atoms with Crippen molar-refractivity contribution in [3.8, 4) is 17.2 Å². The highest BCUT2D eigenvalue weighted by Crippen LogP contribution is 2.23. The normalized spacial score (nSPS) is 10.5. The highest BCUT2D eigenvalue weighted by molar-refractivity contribution is 6.30. The fourth-order valence-corrected chi connectivity index (χ4v) is 2.15. The van der Waals surface area contributed by atoms with Gasteiger partial charge in [-0.25, -0.2) is 5.43 Å². The molecule has 0 radical (unpaired) electrons. The SMILES string of the molecule is COc1cc(OC)cc(C(=O)NN=Cc2cc(Cl)ccc2OC)c1. The molecule has 0 bridgehead atoms. The van der Waals surface area contributed by atoms with Gasteiger partial charge in [-0.3, -0.25) is 4.79 Å². The first-order valence-electron chi connectivity index (χ1n) is 6.97. The molecule has 0 spiro atoms. The number of amides is 1. The Balaban J connectivity index is 2.15. The Labute approximate surface area is 145 Å². The number of carbonyl (C=O) groups excluding carboxylic acids is 1. The van der Waals surface area contributed by atoms with Gasteiger partial charge in [0.2, 0.25) is 0 Å². The predicted molar refractivity (Wildman–Crippen MR) is 92.6 cm³/mol. The summed E-state index contributed by atoms with van der Waals surface area (Å²) in [5.74, 6) is 1.23. The Morgan fingerprint density at radius 2 is 1.71 bits per heavy atom. The molecule has 0 aliphatic heterocycles. The summed E-state index contributed by atoms with van der Waals surface area (Å²) in [5.41, 5.74) is 3.45. The van der Waals surface area contributed by atoms with Crippen LogP contribution in [0.1, 0.15) is 15.9 Å². The molecule has 0 atom stereocenters. The average molecular weight is 349 g/mol. The Kier molecular flexibility index (Phi) is 6.03. The monoisotopic (exact) mass is 348 g/mol. The maximum Gasteiger partial charge on any atom is 0.271 e. The number of hydrogen-bond donors (Lipinski definition) is 1. The molecule has 0 saturated heterocycles. The summed E-state index contributed by atoms with van der Waals surface area (Å²) in [7, 11) is 4.57. The third kappa shape index (κ3) is 4.39. The Hall–Kier alpha value is -2.73. The quantitative estimate of drug-likeness (QED) is 0.643. The molecule has 24 heavy (non-hydrogen) atoms. The van der Waals surface area contributed by atoms with Crippen LogP contribution < -0.4 is 19.6 Å². The van der Waals surface area contributed by atoms with Gasteiger partial charge in [-0.05, 0) is 30.3 Å². The molecular weight excluding hydrogens is 332 g/mol. The summed E-state index contributed by atoms with van der Waals surface area (Å²) in [4.78, 5) is 12.2. The van der Waals surface area contributed by atoms with Crippen molar-refractivity contribution in [2.75, 3.05) is 21.3 Å². The third-order valence-electron chi connectivity index (χ3n) is 3.18. The maximum absolute atomic E-state index is 12.2. The molecule has 1 amide bonds. The van der Waals surface area contributed by atoms with Crippen molar-refractivity contribution in [2.24, 2.45) is 5.10 Å². The second kappa shape index (κ2) is 8.21. The van der Waals surface area contributed by atoms with Gasteiger partial charge < -0.3 is 14.2 Å². The zero-order valence-electron chi connectivity index (χ0n) is 13.5. The van der Waals surface area contributed by atoms with E-state index >= 15 is 0 Å². The summed E-state index contributed by atoms with van der Waals surface area (Å²) in [6, 6.07) is 9.97. The second-order valence-electron chi connectivity index (χ2n) is 4.69. The van der Waals surface area contributed by atoms with E-state index in [2.05, 4.69) is 10.5 Å². The molecule has 0 saturated carbocycles. The third-order valence-corrected chi connectivity index (χ3v) is 3.41. The lowest BCUT2D eigenvalue weighted by molar-refractivity contribution is 0.0954. The van der Waals surface area contributed by atoms with Crippen LogP contribution >= 0.6 is 11.6 Å². The minimum atomic E-state index is -0.399. The summed E-state index contributed by atoms with van der Waals surface area (Å²) in [6.45, 7) is 0. The second-order valence-corrected chi connectivity index (χ2v) is 5.12. The molecule has 7 heteroatoms. The van der Waals surface area contributed by atoms with Crippen LogP contribution in [-0.2, 0) is 0 Å². The number of ether oxygens (including phenoxy) is 3. The largest absolute Gasteiger partial charge is 0.497 e. The van der Waals surface area contributed by atoms with E-state index in [1.165, 1.54) is 20.4 Å². The van der Waals surface area contributed by atoms with E-state index in [1.54, 1.807) is 43.5 Å². The average Bonchev–Trinajstić information content (AvgIpc) is 2.61. The molecule has 0 aliphatic rings. The zero-order chi connectivity index (χ0) is 17.5. The molecule has 1 N–H and O–H groups in total. The number of halogens is 1. The van der Waals surface area contributed by atoms with Gasteiger partial charge in [0, 0.05) is 22.2 Å². The van der Waals surface area contributed by atoms with Crippen molar-refractivity contribution in [1.29, 1.82) is 0 Å². The van der Waals surface area contributed by atoms with E-state index in [0.717, 1.165) is 0 Å². The minimum Gasteiger partial charge on any atom is -0.497 e. The maximum atomic E-state index is 12.2. The van der Waals surface area contributed by atoms with Gasteiger partial charge in [0.15, 0.2) is 0 Å². The Morgan fingerprint density at radius 1 is 1.04 bits per heavy atom. The lowest BCUT2D eigenvalue weighted by Crippen LogP contribution is -2.17. The topological polar surface area (TPSA) is 69.2 Å². The van der Waals surface area contributed by atoms with Crippen molar-refractivity contribution in [3.05, 3.63) is 52.5 Å². The summed E-state index contributed by atoms with van der Waals surface area (Å²) < 4.78 is 15.5. The molecular formula is C17H17ClN2O4. The van der Waals surface area contributed by atoms with Gasteiger partial charge in [-0.15, -0.1) is 0 Å². The predicted octanol–water partition coefficient (Wildman–Crippen LogP) is 3.13. The smallest absolute Gasteiger partial charge is 0.271 e. The molecule has 2 aromatic carbocycles. The first-order chi connectivity index (χ1) is 11.6. The van der Waals surface area contributed by atoms with Crippen molar-refractivity contribution >= 4 is 23.7 Å². The van der Waals surface area contributed by atoms with E-state index < -0.39 is 5.91 Å².